The highest BCUT2D eigenvalue weighted by Crippen LogP contribution is 2.27. The number of imidazole rings is 1. The van der Waals surface area contributed by atoms with Gasteiger partial charge in [0.2, 0.25) is 0 Å². The number of hydrogen-bond donors (Lipinski definition) is 0. The van der Waals surface area contributed by atoms with Gasteiger partial charge in [0.05, 0.1) is 31.8 Å². The molecule has 1 aromatic heterocycles. The normalized spacial score (nSPS) is 17.4. The van der Waals surface area contributed by atoms with Crippen molar-refractivity contribution in [2.75, 3.05) is 13.2 Å². The third kappa shape index (κ3) is 3.08. The van der Waals surface area contributed by atoms with Crippen LogP contribution >= 0.6 is 0 Å². The van der Waals surface area contributed by atoms with Crippen molar-refractivity contribution in [3.8, 4) is 0 Å². The first-order chi connectivity index (χ1) is 9.76. The van der Waals surface area contributed by atoms with Gasteiger partial charge in [-0.15, -0.1) is 0 Å². The molecule has 0 saturated carbocycles. The Hall–Kier alpha value is -1.65. The standard InChI is InChI=1S/C16H20N2O2/c1-14-11-18(13-17-14)12-16(19-9-10-20-16)8-7-15-5-3-2-4-6-15/h2-6,11,13H,7-10,12H2,1H3. The lowest BCUT2D eigenvalue weighted by atomic mass is 10.0. The van der Waals surface area contributed by atoms with Crippen LogP contribution < -0.4 is 0 Å². The molecule has 1 fully saturated rings. The molecule has 4 heteroatoms. The van der Waals surface area contributed by atoms with Gasteiger partial charge in [-0.2, -0.15) is 0 Å². The van der Waals surface area contributed by atoms with Gasteiger partial charge in [0, 0.05) is 12.6 Å². The molecule has 0 amide bonds. The fourth-order valence-electron chi connectivity index (χ4n) is 2.63. The molecule has 0 aliphatic carbocycles. The molecule has 106 valence electrons. The maximum atomic E-state index is 5.90. The van der Waals surface area contributed by atoms with Gasteiger partial charge in [0.15, 0.2) is 5.79 Å². The molecule has 0 unspecified atom stereocenters. The van der Waals surface area contributed by atoms with Crippen LogP contribution in [-0.4, -0.2) is 28.6 Å². The largest absolute Gasteiger partial charge is 0.346 e. The van der Waals surface area contributed by atoms with E-state index in [2.05, 4.69) is 29.2 Å². The van der Waals surface area contributed by atoms with Crippen molar-refractivity contribution in [1.29, 1.82) is 0 Å². The molecule has 1 aromatic carbocycles. The van der Waals surface area contributed by atoms with Crippen LogP contribution in [-0.2, 0) is 22.4 Å². The minimum Gasteiger partial charge on any atom is -0.346 e. The van der Waals surface area contributed by atoms with E-state index in [0.717, 1.165) is 18.5 Å². The van der Waals surface area contributed by atoms with Gasteiger partial charge in [-0.05, 0) is 18.9 Å². The summed E-state index contributed by atoms with van der Waals surface area (Å²) >= 11 is 0. The first-order valence-corrected chi connectivity index (χ1v) is 7.06. The molecule has 1 aliphatic heterocycles. The van der Waals surface area contributed by atoms with Crippen LogP contribution in [0.25, 0.3) is 0 Å². The van der Waals surface area contributed by atoms with E-state index in [0.29, 0.717) is 19.8 Å². The maximum Gasteiger partial charge on any atom is 0.186 e. The van der Waals surface area contributed by atoms with Crippen molar-refractivity contribution in [3.05, 3.63) is 54.1 Å². The lowest BCUT2D eigenvalue weighted by Crippen LogP contribution is -2.35. The van der Waals surface area contributed by atoms with Crippen molar-refractivity contribution < 1.29 is 9.47 Å². The van der Waals surface area contributed by atoms with Gasteiger partial charge in [-0.1, -0.05) is 30.3 Å². The summed E-state index contributed by atoms with van der Waals surface area (Å²) in [6.07, 6.45) is 5.67. The highest BCUT2D eigenvalue weighted by molar-refractivity contribution is 5.15. The van der Waals surface area contributed by atoms with Crippen LogP contribution in [0.4, 0.5) is 0 Å². The maximum absolute atomic E-state index is 5.90. The lowest BCUT2D eigenvalue weighted by molar-refractivity contribution is -0.171. The fourth-order valence-corrected chi connectivity index (χ4v) is 2.63. The molecular weight excluding hydrogens is 252 g/mol. The van der Waals surface area contributed by atoms with Crippen molar-refractivity contribution in [1.82, 2.24) is 9.55 Å². The summed E-state index contributed by atoms with van der Waals surface area (Å²) in [5.74, 6) is -0.511. The first-order valence-electron chi connectivity index (χ1n) is 7.06. The third-order valence-electron chi connectivity index (χ3n) is 3.64. The molecular formula is C16H20N2O2. The van der Waals surface area contributed by atoms with Gasteiger partial charge >= 0.3 is 0 Å². The van der Waals surface area contributed by atoms with E-state index < -0.39 is 5.79 Å². The number of aromatic nitrogens is 2. The van der Waals surface area contributed by atoms with E-state index >= 15 is 0 Å². The Kier molecular flexibility index (Phi) is 3.85. The van der Waals surface area contributed by atoms with Gasteiger partial charge in [0.1, 0.15) is 0 Å². The average molecular weight is 272 g/mol. The number of aryl methyl sites for hydroxylation is 2. The van der Waals surface area contributed by atoms with Crippen LogP contribution in [0.1, 0.15) is 17.7 Å². The second kappa shape index (κ2) is 5.77. The third-order valence-corrected chi connectivity index (χ3v) is 3.64. The fraction of sp³-hybridized carbons (Fsp3) is 0.438. The van der Waals surface area contributed by atoms with Gasteiger partial charge in [0.25, 0.3) is 0 Å². The van der Waals surface area contributed by atoms with E-state index in [9.17, 15) is 0 Å². The van der Waals surface area contributed by atoms with Crippen LogP contribution in [0.15, 0.2) is 42.9 Å². The quantitative estimate of drug-likeness (QED) is 0.839. The highest BCUT2D eigenvalue weighted by atomic mass is 16.7. The van der Waals surface area contributed by atoms with Gasteiger partial charge in [-0.3, -0.25) is 0 Å². The zero-order valence-corrected chi connectivity index (χ0v) is 11.8. The number of ether oxygens (including phenoxy) is 2. The lowest BCUT2D eigenvalue weighted by Gasteiger charge is -2.27. The average Bonchev–Trinajstić information content (AvgIpc) is 3.08. The highest BCUT2D eigenvalue weighted by Gasteiger charge is 2.36. The van der Waals surface area contributed by atoms with Crippen molar-refractivity contribution in [2.24, 2.45) is 0 Å². The Morgan fingerprint density at radius 2 is 1.95 bits per heavy atom. The van der Waals surface area contributed by atoms with Crippen molar-refractivity contribution >= 4 is 0 Å². The van der Waals surface area contributed by atoms with E-state index in [1.807, 2.05) is 30.1 Å². The minimum atomic E-state index is -0.511. The molecule has 20 heavy (non-hydrogen) atoms. The Balaban J connectivity index is 1.68. The summed E-state index contributed by atoms with van der Waals surface area (Å²) in [5, 5.41) is 0. The Morgan fingerprint density at radius 1 is 1.20 bits per heavy atom. The molecule has 0 atom stereocenters. The van der Waals surface area contributed by atoms with E-state index in [4.69, 9.17) is 9.47 Å². The van der Waals surface area contributed by atoms with Crippen molar-refractivity contribution in [2.45, 2.75) is 32.1 Å². The molecule has 3 rings (SSSR count). The van der Waals surface area contributed by atoms with Gasteiger partial charge < -0.3 is 14.0 Å². The topological polar surface area (TPSA) is 36.3 Å². The molecule has 4 nitrogen and oxygen atoms in total. The van der Waals surface area contributed by atoms with Crippen LogP contribution in [0.2, 0.25) is 0 Å². The summed E-state index contributed by atoms with van der Waals surface area (Å²) < 4.78 is 13.9. The number of benzene rings is 1. The molecule has 1 aliphatic rings. The summed E-state index contributed by atoms with van der Waals surface area (Å²) in [5.41, 5.74) is 2.33. The van der Waals surface area contributed by atoms with Crippen molar-refractivity contribution in [3.63, 3.8) is 0 Å². The minimum absolute atomic E-state index is 0.511. The summed E-state index contributed by atoms with van der Waals surface area (Å²) in [7, 11) is 0. The summed E-state index contributed by atoms with van der Waals surface area (Å²) in [6.45, 7) is 4.02. The molecule has 0 bridgehead atoms. The van der Waals surface area contributed by atoms with Crippen LogP contribution in [0.5, 0.6) is 0 Å². The molecule has 0 N–H and O–H groups in total. The predicted molar refractivity (Wildman–Crippen MR) is 76.4 cm³/mol. The second-order valence-corrected chi connectivity index (χ2v) is 5.28. The van der Waals surface area contributed by atoms with E-state index in [1.165, 1.54) is 5.56 Å². The summed E-state index contributed by atoms with van der Waals surface area (Å²) in [6, 6.07) is 10.5. The first kappa shape index (κ1) is 13.3. The zero-order valence-electron chi connectivity index (χ0n) is 11.8. The Bertz CT molecular complexity index is 545. The molecule has 0 radical (unpaired) electrons. The van der Waals surface area contributed by atoms with E-state index in [1.54, 1.807) is 0 Å². The van der Waals surface area contributed by atoms with Gasteiger partial charge in [-0.25, -0.2) is 4.98 Å². The molecule has 1 saturated heterocycles. The number of nitrogens with zero attached hydrogens (tertiary/aromatic N) is 2. The Labute approximate surface area is 119 Å². The zero-order chi connectivity index (χ0) is 13.8. The Morgan fingerprint density at radius 3 is 2.60 bits per heavy atom. The number of hydrogen-bond acceptors (Lipinski definition) is 3. The second-order valence-electron chi connectivity index (χ2n) is 5.28. The molecule has 2 heterocycles. The predicted octanol–water partition coefficient (Wildman–Crippen LogP) is 2.57. The van der Waals surface area contributed by atoms with Crippen LogP contribution in [0, 0.1) is 6.92 Å². The number of rotatable bonds is 5. The van der Waals surface area contributed by atoms with E-state index in [-0.39, 0.29) is 0 Å². The summed E-state index contributed by atoms with van der Waals surface area (Å²) in [4.78, 5) is 4.26. The van der Waals surface area contributed by atoms with Crippen LogP contribution in [0.3, 0.4) is 0 Å². The SMILES string of the molecule is Cc1cn(CC2(CCc3ccccc3)OCCO2)cn1. The smallest absolute Gasteiger partial charge is 0.186 e. The molecule has 2 aromatic rings. The monoisotopic (exact) mass is 272 g/mol. The molecule has 0 spiro atoms.